The van der Waals surface area contributed by atoms with Crippen LogP contribution in [0.5, 0.6) is 11.5 Å². The van der Waals surface area contributed by atoms with Gasteiger partial charge in [0.2, 0.25) is 15.9 Å². The van der Waals surface area contributed by atoms with Crippen LogP contribution in [0.25, 0.3) is 11.0 Å². The van der Waals surface area contributed by atoms with Crippen molar-refractivity contribution in [2.75, 3.05) is 27.3 Å². The number of sulfonamides is 1. The summed E-state index contributed by atoms with van der Waals surface area (Å²) < 4.78 is 44.1. The van der Waals surface area contributed by atoms with Crippen molar-refractivity contribution in [3.63, 3.8) is 0 Å². The van der Waals surface area contributed by atoms with Gasteiger partial charge in [0, 0.05) is 36.0 Å². The molecule has 1 atom stereocenters. The number of nitrogens with one attached hydrogen (secondary N) is 1. The van der Waals surface area contributed by atoms with Gasteiger partial charge in [-0.05, 0) is 44.9 Å². The molecule has 1 amide bonds. The average molecular weight is 487 g/mol. The maximum atomic E-state index is 13.1. The highest BCUT2D eigenvalue weighted by molar-refractivity contribution is 7.89. The van der Waals surface area contributed by atoms with Crippen LogP contribution in [0.2, 0.25) is 0 Å². The number of piperidine rings is 1. The van der Waals surface area contributed by atoms with Gasteiger partial charge in [-0.3, -0.25) is 4.79 Å². The summed E-state index contributed by atoms with van der Waals surface area (Å²) in [5, 5.41) is 4.08. The second kappa shape index (κ2) is 9.68. The Labute approximate surface area is 199 Å². The van der Waals surface area contributed by atoms with Gasteiger partial charge >= 0.3 is 0 Å². The molecule has 1 aromatic heterocycles. The summed E-state index contributed by atoms with van der Waals surface area (Å²) in [6.45, 7) is 4.43. The van der Waals surface area contributed by atoms with Crippen molar-refractivity contribution in [3.05, 3.63) is 53.8 Å². The monoisotopic (exact) mass is 486 g/mol. The Morgan fingerprint density at radius 2 is 1.76 bits per heavy atom. The van der Waals surface area contributed by atoms with E-state index < -0.39 is 10.0 Å². The van der Waals surface area contributed by atoms with E-state index in [1.54, 1.807) is 6.07 Å². The van der Waals surface area contributed by atoms with Crippen molar-refractivity contribution >= 4 is 26.9 Å². The van der Waals surface area contributed by atoms with E-state index in [0.717, 1.165) is 22.3 Å². The number of furan rings is 1. The average Bonchev–Trinajstić information content (AvgIpc) is 3.20. The van der Waals surface area contributed by atoms with Crippen LogP contribution in [0.15, 0.2) is 51.8 Å². The van der Waals surface area contributed by atoms with Crippen LogP contribution in [0.4, 0.5) is 0 Å². The van der Waals surface area contributed by atoms with E-state index in [-0.39, 0.29) is 35.9 Å². The lowest BCUT2D eigenvalue weighted by Gasteiger charge is -2.31. The zero-order valence-corrected chi connectivity index (χ0v) is 20.6. The number of hydrogen-bond acceptors (Lipinski definition) is 6. The number of carbonyl (C=O) groups is 1. The van der Waals surface area contributed by atoms with E-state index in [1.165, 1.54) is 30.7 Å². The molecule has 1 saturated heterocycles. The molecule has 1 aliphatic rings. The normalized spacial score (nSPS) is 16.4. The highest BCUT2D eigenvalue weighted by Gasteiger charge is 2.33. The quantitative estimate of drug-likeness (QED) is 0.541. The Kier molecular flexibility index (Phi) is 6.86. The van der Waals surface area contributed by atoms with Gasteiger partial charge in [0.15, 0.2) is 11.5 Å². The van der Waals surface area contributed by atoms with E-state index in [4.69, 9.17) is 13.9 Å². The number of hydrogen-bond donors (Lipinski definition) is 1. The molecule has 0 bridgehead atoms. The first kappa shape index (κ1) is 24.1. The summed E-state index contributed by atoms with van der Waals surface area (Å²) in [5.41, 5.74) is 1.81. The van der Waals surface area contributed by atoms with Crippen LogP contribution in [-0.2, 0) is 14.8 Å². The maximum Gasteiger partial charge on any atom is 0.243 e. The molecule has 0 aliphatic carbocycles. The van der Waals surface area contributed by atoms with Gasteiger partial charge in [-0.15, -0.1) is 0 Å². The molecule has 1 unspecified atom stereocenters. The summed E-state index contributed by atoms with van der Waals surface area (Å²) in [6.07, 6.45) is 0.897. The molecule has 0 radical (unpaired) electrons. The Bertz CT molecular complexity index is 1290. The number of ether oxygens (including phenoxy) is 2. The van der Waals surface area contributed by atoms with Crippen molar-refractivity contribution in [1.29, 1.82) is 0 Å². The molecule has 1 aliphatic heterocycles. The Morgan fingerprint density at radius 3 is 2.41 bits per heavy atom. The highest BCUT2D eigenvalue weighted by Crippen LogP contribution is 2.33. The zero-order valence-electron chi connectivity index (χ0n) is 19.8. The van der Waals surface area contributed by atoms with Gasteiger partial charge in [0.05, 0.1) is 25.2 Å². The standard InChI is InChI=1S/C25H30N2O6S/c1-16-20-7-5-6-8-21(20)33-24(16)17(2)26-25(28)18-11-13-27(14-12-18)34(29,30)19-9-10-22(31-3)23(15-19)32-4/h5-10,15,17-18H,11-14H2,1-4H3,(H,26,28). The fraction of sp³-hybridized carbons (Fsp3) is 0.400. The lowest BCUT2D eigenvalue weighted by molar-refractivity contribution is -0.126. The molecular formula is C25H30N2O6S. The molecule has 9 heteroatoms. The summed E-state index contributed by atoms with van der Waals surface area (Å²) in [5.74, 6) is 1.21. The van der Waals surface area contributed by atoms with Gasteiger partial charge in [-0.2, -0.15) is 4.31 Å². The fourth-order valence-corrected chi connectivity index (χ4v) is 5.97. The van der Waals surface area contributed by atoms with Gasteiger partial charge in [0.25, 0.3) is 0 Å². The molecule has 182 valence electrons. The van der Waals surface area contributed by atoms with E-state index in [2.05, 4.69) is 5.32 Å². The van der Waals surface area contributed by atoms with Gasteiger partial charge in [-0.1, -0.05) is 18.2 Å². The number of nitrogens with zero attached hydrogens (tertiary/aromatic N) is 1. The molecule has 3 aromatic rings. The van der Waals surface area contributed by atoms with Crippen LogP contribution >= 0.6 is 0 Å². The number of amides is 1. The van der Waals surface area contributed by atoms with Gasteiger partial charge < -0.3 is 19.2 Å². The lowest BCUT2D eigenvalue weighted by atomic mass is 9.96. The summed E-state index contributed by atoms with van der Waals surface area (Å²) in [4.78, 5) is 13.1. The predicted molar refractivity (Wildman–Crippen MR) is 129 cm³/mol. The van der Waals surface area contributed by atoms with Crippen LogP contribution in [-0.4, -0.2) is 45.9 Å². The number of aryl methyl sites for hydroxylation is 1. The first-order valence-corrected chi connectivity index (χ1v) is 12.7. The minimum atomic E-state index is -3.70. The fourth-order valence-electron chi connectivity index (χ4n) is 4.49. The third-order valence-corrected chi connectivity index (χ3v) is 8.34. The summed E-state index contributed by atoms with van der Waals surface area (Å²) >= 11 is 0. The molecule has 2 aromatic carbocycles. The number of carbonyl (C=O) groups excluding carboxylic acids is 1. The molecule has 0 saturated carbocycles. The third kappa shape index (κ3) is 4.50. The zero-order chi connectivity index (χ0) is 24.5. The number of benzene rings is 2. The van der Waals surface area contributed by atoms with E-state index >= 15 is 0 Å². The van der Waals surface area contributed by atoms with Crippen molar-refractivity contribution in [2.45, 2.75) is 37.6 Å². The summed E-state index contributed by atoms with van der Waals surface area (Å²) in [6, 6.07) is 12.1. The van der Waals surface area contributed by atoms with Crippen molar-refractivity contribution in [3.8, 4) is 11.5 Å². The van der Waals surface area contributed by atoms with Crippen LogP contribution in [0, 0.1) is 12.8 Å². The molecule has 4 rings (SSSR count). The molecule has 0 spiro atoms. The molecule has 2 heterocycles. The Hall–Kier alpha value is -3.04. The second-order valence-corrected chi connectivity index (χ2v) is 10.5. The first-order valence-electron chi connectivity index (χ1n) is 11.3. The Balaban J connectivity index is 1.40. The smallest absolute Gasteiger partial charge is 0.243 e. The third-order valence-electron chi connectivity index (χ3n) is 6.45. The van der Waals surface area contributed by atoms with E-state index in [0.29, 0.717) is 24.3 Å². The summed E-state index contributed by atoms with van der Waals surface area (Å²) in [7, 11) is -0.741. The van der Waals surface area contributed by atoms with E-state index in [9.17, 15) is 13.2 Å². The Morgan fingerprint density at radius 1 is 1.09 bits per heavy atom. The molecule has 8 nitrogen and oxygen atoms in total. The number of para-hydroxylation sites is 1. The van der Waals surface area contributed by atoms with E-state index in [1.807, 2.05) is 38.1 Å². The minimum Gasteiger partial charge on any atom is -0.493 e. The van der Waals surface area contributed by atoms with Gasteiger partial charge in [0.1, 0.15) is 11.3 Å². The second-order valence-electron chi connectivity index (χ2n) is 8.51. The predicted octanol–water partition coefficient (Wildman–Crippen LogP) is 4.04. The number of fused-ring (bicyclic) bond motifs is 1. The van der Waals surface area contributed by atoms with Crippen LogP contribution < -0.4 is 14.8 Å². The highest BCUT2D eigenvalue weighted by atomic mass is 32.2. The number of rotatable bonds is 7. The molecule has 1 N–H and O–H groups in total. The van der Waals surface area contributed by atoms with Gasteiger partial charge in [-0.25, -0.2) is 8.42 Å². The van der Waals surface area contributed by atoms with Crippen molar-refractivity contribution in [1.82, 2.24) is 9.62 Å². The molecule has 1 fully saturated rings. The van der Waals surface area contributed by atoms with Crippen molar-refractivity contribution < 1.29 is 27.1 Å². The molecular weight excluding hydrogens is 456 g/mol. The first-order chi connectivity index (χ1) is 16.3. The SMILES string of the molecule is COc1ccc(S(=O)(=O)N2CCC(C(=O)NC(C)c3oc4ccccc4c3C)CC2)cc1OC. The van der Waals surface area contributed by atoms with Crippen LogP contribution in [0.3, 0.4) is 0 Å². The minimum absolute atomic E-state index is 0.0875. The molecule has 34 heavy (non-hydrogen) atoms. The number of methoxy groups -OCH3 is 2. The van der Waals surface area contributed by atoms with Crippen molar-refractivity contribution in [2.24, 2.45) is 5.92 Å². The lowest BCUT2D eigenvalue weighted by Crippen LogP contribution is -2.43. The van der Waals surface area contributed by atoms with Crippen LogP contribution in [0.1, 0.15) is 37.1 Å². The topological polar surface area (TPSA) is 98.1 Å². The maximum absolute atomic E-state index is 13.1. The largest absolute Gasteiger partial charge is 0.493 e.